The lowest BCUT2D eigenvalue weighted by molar-refractivity contribution is 0.379. The normalized spacial score (nSPS) is 30.2. The Morgan fingerprint density at radius 1 is 1.50 bits per heavy atom. The minimum Gasteiger partial charge on any atom is -0.309 e. The van der Waals surface area contributed by atoms with Crippen molar-refractivity contribution >= 4 is 0 Å². The van der Waals surface area contributed by atoms with E-state index in [1.807, 2.05) is 0 Å². The maximum absolute atomic E-state index is 8.36. The molecule has 1 rings (SSSR count). The monoisotopic (exact) mass is 138 g/mol. The SMILES string of the molecule is CN(C)C[C@H]1C[C@H]1CC#N. The third-order valence-electron chi connectivity index (χ3n) is 2.02. The van der Waals surface area contributed by atoms with Crippen LogP contribution in [0.3, 0.4) is 0 Å². The Balaban J connectivity index is 2.09. The average molecular weight is 138 g/mol. The maximum atomic E-state index is 8.36. The molecule has 0 aromatic heterocycles. The summed E-state index contributed by atoms with van der Waals surface area (Å²) in [4.78, 5) is 2.20. The van der Waals surface area contributed by atoms with Crippen LogP contribution in [0.15, 0.2) is 0 Å². The molecular formula is C8H14N2. The Morgan fingerprint density at radius 2 is 2.20 bits per heavy atom. The van der Waals surface area contributed by atoms with E-state index < -0.39 is 0 Å². The van der Waals surface area contributed by atoms with E-state index in [0.29, 0.717) is 5.92 Å². The Bertz CT molecular complexity index is 146. The molecule has 0 amide bonds. The second-order valence-corrected chi connectivity index (χ2v) is 3.38. The van der Waals surface area contributed by atoms with Gasteiger partial charge in [-0.3, -0.25) is 0 Å². The molecule has 1 aliphatic rings. The minimum atomic E-state index is 0.715. The molecule has 1 saturated carbocycles. The van der Waals surface area contributed by atoms with E-state index in [1.165, 1.54) is 6.42 Å². The first-order chi connectivity index (χ1) is 4.74. The summed E-state index contributed by atoms with van der Waals surface area (Å²) in [6.07, 6.45) is 2.03. The van der Waals surface area contributed by atoms with Crippen LogP contribution in [-0.2, 0) is 0 Å². The van der Waals surface area contributed by atoms with Crippen molar-refractivity contribution in [2.45, 2.75) is 12.8 Å². The fraction of sp³-hybridized carbons (Fsp3) is 0.875. The molecule has 0 radical (unpaired) electrons. The molecule has 56 valence electrons. The molecule has 1 aliphatic carbocycles. The summed E-state index contributed by atoms with van der Waals surface area (Å²) >= 11 is 0. The highest BCUT2D eigenvalue weighted by atomic mass is 15.1. The predicted molar refractivity (Wildman–Crippen MR) is 40.4 cm³/mol. The van der Waals surface area contributed by atoms with Gasteiger partial charge in [-0.15, -0.1) is 0 Å². The van der Waals surface area contributed by atoms with Crippen LogP contribution in [0.4, 0.5) is 0 Å². The van der Waals surface area contributed by atoms with Crippen molar-refractivity contribution in [3.05, 3.63) is 0 Å². The van der Waals surface area contributed by atoms with Crippen molar-refractivity contribution in [3.8, 4) is 6.07 Å². The Hall–Kier alpha value is -0.550. The molecule has 2 atom stereocenters. The lowest BCUT2D eigenvalue weighted by Gasteiger charge is -2.06. The third kappa shape index (κ3) is 2.00. The van der Waals surface area contributed by atoms with E-state index in [9.17, 15) is 0 Å². The third-order valence-corrected chi connectivity index (χ3v) is 2.02. The minimum absolute atomic E-state index is 0.715. The van der Waals surface area contributed by atoms with Crippen molar-refractivity contribution in [2.24, 2.45) is 11.8 Å². The van der Waals surface area contributed by atoms with Gasteiger partial charge in [0, 0.05) is 13.0 Å². The molecular weight excluding hydrogens is 124 g/mol. The Kier molecular flexibility index (Phi) is 2.29. The fourth-order valence-electron chi connectivity index (χ4n) is 1.37. The zero-order valence-electron chi connectivity index (χ0n) is 6.67. The summed E-state index contributed by atoms with van der Waals surface area (Å²) in [6.45, 7) is 1.16. The van der Waals surface area contributed by atoms with Crippen LogP contribution in [0.1, 0.15) is 12.8 Å². The van der Waals surface area contributed by atoms with E-state index in [-0.39, 0.29) is 0 Å². The van der Waals surface area contributed by atoms with Crippen LogP contribution < -0.4 is 0 Å². The number of hydrogen-bond donors (Lipinski definition) is 0. The first kappa shape index (κ1) is 7.56. The number of hydrogen-bond acceptors (Lipinski definition) is 2. The van der Waals surface area contributed by atoms with Crippen molar-refractivity contribution < 1.29 is 0 Å². The van der Waals surface area contributed by atoms with Gasteiger partial charge in [0.15, 0.2) is 0 Å². The summed E-state index contributed by atoms with van der Waals surface area (Å²) < 4.78 is 0. The topological polar surface area (TPSA) is 27.0 Å². The number of nitrogens with zero attached hydrogens (tertiary/aromatic N) is 2. The fourth-order valence-corrected chi connectivity index (χ4v) is 1.37. The lowest BCUT2D eigenvalue weighted by atomic mass is 10.2. The molecule has 0 N–H and O–H groups in total. The van der Waals surface area contributed by atoms with E-state index in [4.69, 9.17) is 5.26 Å². The zero-order chi connectivity index (χ0) is 7.56. The largest absolute Gasteiger partial charge is 0.309 e. The highest BCUT2D eigenvalue weighted by molar-refractivity contribution is 4.93. The standard InChI is InChI=1S/C8H14N2/c1-10(2)6-8-5-7(8)3-4-9/h7-8H,3,5-6H2,1-2H3/t7-,8-/m1/s1. The van der Waals surface area contributed by atoms with Gasteiger partial charge in [-0.1, -0.05) is 0 Å². The second-order valence-electron chi connectivity index (χ2n) is 3.38. The number of rotatable bonds is 3. The molecule has 0 spiro atoms. The molecule has 0 unspecified atom stereocenters. The molecule has 0 aromatic rings. The van der Waals surface area contributed by atoms with Crippen molar-refractivity contribution in [3.63, 3.8) is 0 Å². The van der Waals surface area contributed by atoms with E-state index in [2.05, 4.69) is 25.1 Å². The van der Waals surface area contributed by atoms with Crippen LogP contribution in [0.5, 0.6) is 0 Å². The second kappa shape index (κ2) is 3.03. The van der Waals surface area contributed by atoms with Gasteiger partial charge in [-0.2, -0.15) is 5.26 Å². The highest BCUT2D eigenvalue weighted by Gasteiger charge is 2.36. The molecule has 0 bridgehead atoms. The molecule has 1 fully saturated rings. The molecule has 0 saturated heterocycles. The Labute approximate surface area is 62.4 Å². The quantitative estimate of drug-likeness (QED) is 0.584. The smallest absolute Gasteiger partial charge is 0.0624 e. The molecule has 0 aliphatic heterocycles. The van der Waals surface area contributed by atoms with Crippen molar-refractivity contribution in [1.29, 1.82) is 5.26 Å². The van der Waals surface area contributed by atoms with Gasteiger partial charge in [0.2, 0.25) is 0 Å². The summed E-state index contributed by atoms with van der Waals surface area (Å²) in [7, 11) is 4.17. The maximum Gasteiger partial charge on any atom is 0.0624 e. The summed E-state index contributed by atoms with van der Waals surface area (Å²) in [5.41, 5.74) is 0. The van der Waals surface area contributed by atoms with E-state index in [0.717, 1.165) is 18.9 Å². The lowest BCUT2D eigenvalue weighted by Crippen LogP contribution is -2.15. The van der Waals surface area contributed by atoms with E-state index in [1.54, 1.807) is 0 Å². The summed E-state index contributed by atoms with van der Waals surface area (Å²) in [5.74, 6) is 1.53. The van der Waals surface area contributed by atoms with E-state index >= 15 is 0 Å². The predicted octanol–water partition coefficient (Wildman–Crippen LogP) is 1.10. The van der Waals surface area contributed by atoms with Crippen LogP contribution in [-0.4, -0.2) is 25.5 Å². The Morgan fingerprint density at radius 3 is 2.70 bits per heavy atom. The van der Waals surface area contributed by atoms with Gasteiger partial charge in [0.25, 0.3) is 0 Å². The first-order valence-electron chi connectivity index (χ1n) is 3.75. The highest BCUT2D eigenvalue weighted by Crippen LogP contribution is 2.40. The van der Waals surface area contributed by atoms with Gasteiger partial charge in [0.05, 0.1) is 6.07 Å². The van der Waals surface area contributed by atoms with Crippen LogP contribution in [0.2, 0.25) is 0 Å². The average Bonchev–Trinajstić information content (AvgIpc) is 2.47. The van der Waals surface area contributed by atoms with Gasteiger partial charge in [-0.05, 0) is 32.4 Å². The zero-order valence-corrected chi connectivity index (χ0v) is 6.67. The van der Waals surface area contributed by atoms with Crippen LogP contribution in [0.25, 0.3) is 0 Å². The van der Waals surface area contributed by atoms with Crippen molar-refractivity contribution in [1.82, 2.24) is 4.90 Å². The van der Waals surface area contributed by atoms with Crippen LogP contribution >= 0.6 is 0 Å². The van der Waals surface area contributed by atoms with Crippen LogP contribution in [0, 0.1) is 23.2 Å². The van der Waals surface area contributed by atoms with Crippen molar-refractivity contribution in [2.75, 3.05) is 20.6 Å². The first-order valence-corrected chi connectivity index (χ1v) is 3.75. The summed E-state index contributed by atoms with van der Waals surface area (Å²) in [5, 5.41) is 8.36. The van der Waals surface area contributed by atoms with Gasteiger partial charge >= 0.3 is 0 Å². The molecule has 0 heterocycles. The van der Waals surface area contributed by atoms with Gasteiger partial charge < -0.3 is 4.90 Å². The molecule has 2 heteroatoms. The summed E-state index contributed by atoms with van der Waals surface area (Å²) in [6, 6.07) is 2.21. The van der Waals surface area contributed by atoms with Gasteiger partial charge in [0.1, 0.15) is 0 Å². The van der Waals surface area contributed by atoms with Gasteiger partial charge in [-0.25, -0.2) is 0 Å². The number of nitriles is 1. The molecule has 0 aromatic carbocycles. The molecule has 10 heavy (non-hydrogen) atoms. The molecule has 2 nitrogen and oxygen atoms in total.